The van der Waals surface area contributed by atoms with Crippen LogP contribution in [0.4, 0.5) is 0 Å². The van der Waals surface area contributed by atoms with Crippen molar-refractivity contribution in [3.63, 3.8) is 0 Å². The maximum atomic E-state index is 12.7. The lowest BCUT2D eigenvalue weighted by molar-refractivity contribution is -0.200. The van der Waals surface area contributed by atoms with Crippen molar-refractivity contribution >= 4 is 41.3 Å². The first-order valence-corrected chi connectivity index (χ1v) is 12.8. The summed E-state index contributed by atoms with van der Waals surface area (Å²) < 4.78 is 43.1. The number of nitrogens with zero attached hydrogens (tertiary/aromatic N) is 1. The van der Waals surface area contributed by atoms with E-state index in [0.29, 0.717) is 5.39 Å². The number of phosphoric acid groups is 1. The third-order valence-electron chi connectivity index (χ3n) is 5.47. The standard InChI is InChI=1S/C20H21IN3O9P/c1-20(2)31-16-14(30-18(17(16)32-20)24-6-5-15(25)23-19(24)26)9-29-34(27,28)33-13-8-22-12-4-3-10(21)7-11(12)13/h3-8,14,16-18,22H,9H2,1-2H3,(H,27,28)(H,23,25,26)/t14-,16-,17-,18-/m1/s1. The molecule has 2 aliphatic rings. The van der Waals surface area contributed by atoms with Gasteiger partial charge in [0.15, 0.2) is 17.8 Å². The van der Waals surface area contributed by atoms with Crippen LogP contribution < -0.4 is 15.8 Å². The van der Waals surface area contributed by atoms with E-state index in [2.05, 4.69) is 32.6 Å². The zero-order chi connectivity index (χ0) is 24.3. The number of halogens is 1. The monoisotopic (exact) mass is 605 g/mol. The van der Waals surface area contributed by atoms with E-state index in [-0.39, 0.29) is 12.4 Å². The van der Waals surface area contributed by atoms with Crippen LogP contribution in [0.3, 0.4) is 0 Å². The van der Waals surface area contributed by atoms with Gasteiger partial charge in [0.2, 0.25) is 0 Å². The second kappa shape index (κ2) is 8.59. The average Bonchev–Trinajstić information content (AvgIpc) is 3.37. The number of hydrogen-bond acceptors (Lipinski definition) is 8. The van der Waals surface area contributed by atoms with Crippen LogP contribution in [-0.4, -0.2) is 50.1 Å². The Labute approximate surface area is 205 Å². The molecule has 3 aromatic rings. The lowest BCUT2D eigenvalue weighted by Gasteiger charge is -2.25. The number of rotatable bonds is 6. The van der Waals surface area contributed by atoms with Crippen molar-refractivity contribution in [1.29, 1.82) is 0 Å². The van der Waals surface area contributed by atoms with E-state index in [1.165, 1.54) is 23.0 Å². The zero-order valence-electron chi connectivity index (χ0n) is 18.0. The van der Waals surface area contributed by atoms with E-state index in [9.17, 15) is 19.0 Å². The fourth-order valence-corrected chi connectivity index (χ4v) is 5.38. The van der Waals surface area contributed by atoms with Crippen molar-refractivity contribution in [2.24, 2.45) is 0 Å². The van der Waals surface area contributed by atoms with Gasteiger partial charge in [0, 0.05) is 32.9 Å². The van der Waals surface area contributed by atoms with Gasteiger partial charge in [-0.1, -0.05) is 0 Å². The SMILES string of the molecule is CC1(C)O[C@@H]2[C@H](O1)[C@@H](COP(=O)(O)Oc1c[nH]c3ccc(I)cc13)O[C@H]2n1ccc(=O)[nH]c1=O. The Morgan fingerprint density at radius 2 is 2.00 bits per heavy atom. The molecule has 3 N–H and O–H groups in total. The topological polar surface area (TPSA) is 154 Å². The normalized spacial score (nSPS) is 27.5. The van der Waals surface area contributed by atoms with E-state index in [1.807, 2.05) is 18.2 Å². The molecule has 1 unspecified atom stereocenters. The van der Waals surface area contributed by atoms with Crippen LogP contribution in [0.15, 0.2) is 46.2 Å². The molecule has 2 saturated heterocycles. The molecule has 182 valence electrons. The maximum Gasteiger partial charge on any atom is 0.527 e. The highest BCUT2D eigenvalue weighted by molar-refractivity contribution is 14.1. The molecule has 12 nitrogen and oxygen atoms in total. The first kappa shape index (κ1) is 23.7. The van der Waals surface area contributed by atoms with Crippen LogP contribution in [-0.2, 0) is 23.3 Å². The molecule has 1 aromatic carbocycles. The molecule has 0 aliphatic carbocycles. The molecular weight excluding hydrogens is 584 g/mol. The van der Waals surface area contributed by atoms with Gasteiger partial charge in [-0.3, -0.25) is 23.8 Å². The quantitative estimate of drug-likeness (QED) is 0.284. The molecule has 0 spiro atoms. The Hall–Kier alpha value is -2.00. The first-order valence-electron chi connectivity index (χ1n) is 10.3. The summed E-state index contributed by atoms with van der Waals surface area (Å²) in [5.74, 6) is -0.814. The van der Waals surface area contributed by atoms with Crippen LogP contribution in [0.2, 0.25) is 0 Å². The highest BCUT2D eigenvalue weighted by Gasteiger charge is 2.56. The largest absolute Gasteiger partial charge is 0.527 e. The van der Waals surface area contributed by atoms with E-state index in [0.717, 1.165) is 9.09 Å². The summed E-state index contributed by atoms with van der Waals surface area (Å²) in [5.41, 5.74) is -0.494. The minimum absolute atomic E-state index is 0.170. The minimum Gasteiger partial charge on any atom is -0.402 e. The predicted octanol–water partition coefficient (Wildman–Crippen LogP) is 2.24. The second-order valence-corrected chi connectivity index (χ2v) is 11.0. The van der Waals surface area contributed by atoms with Gasteiger partial charge in [0.25, 0.3) is 5.56 Å². The Bertz CT molecular complexity index is 1400. The molecule has 2 aliphatic heterocycles. The highest BCUT2D eigenvalue weighted by atomic mass is 127. The van der Waals surface area contributed by atoms with Crippen LogP contribution >= 0.6 is 30.4 Å². The summed E-state index contributed by atoms with van der Waals surface area (Å²) >= 11 is 2.13. The van der Waals surface area contributed by atoms with Crippen LogP contribution in [0.25, 0.3) is 10.9 Å². The molecule has 0 amide bonds. The smallest absolute Gasteiger partial charge is 0.402 e. The number of phosphoric ester groups is 1. The molecule has 0 bridgehead atoms. The number of nitrogens with one attached hydrogen (secondary N) is 2. The molecule has 5 rings (SSSR count). The molecule has 2 fully saturated rings. The van der Waals surface area contributed by atoms with Crippen LogP contribution in [0.1, 0.15) is 20.1 Å². The van der Waals surface area contributed by atoms with Crippen molar-refractivity contribution in [3.05, 3.63) is 61.1 Å². The number of fused-ring (bicyclic) bond motifs is 2. The number of aromatic nitrogens is 3. The Morgan fingerprint density at radius 3 is 2.76 bits per heavy atom. The van der Waals surface area contributed by atoms with Gasteiger partial charge >= 0.3 is 13.5 Å². The summed E-state index contributed by atoms with van der Waals surface area (Å²) in [6.07, 6.45) is -0.456. The molecule has 34 heavy (non-hydrogen) atoms. The Kier molecular flexibility index (Phi) is 5.99. The molecule has 2 aromatic heterocycles. The first-order chi connectivity index (χ1) is 16.0. The van der Waals surface area contributed by atoms with E-state index in [4.69, 9.17) is 23.3 Å². The Morgan fingerprint density at radius 1 is 1.24 bits per heavy atom. The fraction of sp³-hybridized carbons (Fsp3) is 0.400. The molecule has 0 radical (unpaired) electrons. The maximum absolute atomic E-state index is 12.7. The van der Waals surface area contributed by atoms with Gasteiger partial charge < -0.3 is 23.7 Å². The fourth-order valence-electron chi connectivity index (χ4n) is 4.11. The number of hydrogen-bond donors (Lipinski definition) is 3. The van der Waals surface area contributed by atoms with Crippen LogP contribution in [0, 0.1) is 3.57 Å². The van der Waals surface area contributed by atoms with E-state index >= 15 is 0 Å². The number of benzene rings is 1. The van der Waals surface area contributed by atoms with Crippen LogP contribution in [0.5, 0.6) is 5.75 Å². The minimum atomic E-state index is -4.54. The Balaban J connectivity index is 1.34. The van der Waals surface area contributed by atoms with Gasteiger partial charge in [-0.25, -0.2) is 9.36 Å². The summed E-state index contributed by atoms with van der Waals surface area (Å²) in [6.45, 7) is 3.03. The van der Waals surface area contributed by atoms with E-state index in [1.54, 1.807) is 13.8 Å². The number of aromatic amines is 2. The van der Waals surface area contributed by atoms with Crippen molar-refractivity contribution in [1.82, 2.24) is 14.5 Å². The predicted molar refractivity (Wildman–Crippen MR) is 126 cm³/mol. The van der Waals surface area contributed by atoms with Gasteiger partial charge in [0.05, 0.1) is 6.61 Å². The van der Waals surface area contributed by atoms with Gasteiger partial charge in [-0.05, 0) is 54.6 Å². The molecule has 14 heteroatoms. The lowest BCUT2D eigenvalue weighted by Crippen LogP contribution is -2.37. The van der Waals surface area contributed by atoms with Gasteiger partial charge in [-0.2, -0.15) is 0 Å². The number of H-pyrrole nitrogens is 2. The zero-order valence-corrected chi connectivity index (χ0v) is 21.0. The molecule has 5 atom stereocenters. The number of ether oxygens (including phenoxy) is 3. The van der Waals surface area contributed by atoms with Crippen molar-refractivity contribution < 1.29 is 32.7 Å². The van der Waals surface area contributed by atoms with Crippen molar-refractivity contribution in [2.45, 2.75) is 44.2 Å². The molecule has 4 heterocycles. The summed E-state index contributed by atoms with van der Waals surface area (Å²) in [7, 11) is -4.54. The lowest BCUT2D eigenvalue weighted by atomic mass is 10.1. The average molecular weight is 605 g/mol. The highest BCUT2D eigenvalue weighted by Crippen LogP contribution is 2.48. The summed E-state index contributed by atoms with van der Waals surface area (Å²) in [5, 5.41) is 0.633. The van der Waals surface area contributed by atoms with Gasteiger partial charge in [0.1, 0.15) is 18.3 Å². The van der Waals surface area contributed by atoms with E-state index < -0.39 is 49.4 Å². The second-order valence-electron chi connectivity index (χ2n) is 8.35. The third-order valence-corrected chi connectivity index (χ3v) is 7.05. The summed E-state index contributed by atoms with van der Waals surface area (Å²) in [6, 6.07) is 6.71. The van der Waals surface area contributed by atoms with Crippen molar-refractivity contribution in [3.8, 4) is 5.75 Å². The molecular formula is C20H21IN3O9P. The van der Waals surface area contributed by atoms with Gasteiger partial charge in [-0.15, -0.1) is 0 Å². The van der Waals surface area contributed by atoms with Crippen molar-refractivity contribution in [2.75, 3.05) is 6.61 Å². The summed E-state index contributed by atoms with van der Waals surface area (Å²) in [4.78, 5) is 39.2. The third kappa shape index (κ3) is 4.61. The molecule has 0 saturated carbocycles.